The third-order valence-corrected chi connectivity index (χ3v) is 3.29. The molecule has 0 aliphatic heterocycles. The van der Waals surface area contributed by atoms with Gasteiger partial charge in [0.15, 0.2) is 5.82 Å². The van der Waals surface area contributed by atoms with Gasteiger partial charge in [-0.25, -0.2) is 14.6 Å². The molecule has 0 atom stereocenters. The van der Waals surface area contributed by atoms with E-state index in [1.807, 2.05) is 0 Å². The quantitative estimate of drug-likeness (QED) is 0.580. The number of aromatic nitrogens is 4. The van der Waals surface area contributed by atoms with Gasteiger partial charge in [-0.3, -0.25) is 14.9 Å². The Morgan fingerprint density at radius 1 is 1.29 bits per heavy atom. The molecule has 1 aromatic carbocycles. The number of nitro groups is 1. The van der Waals surface area contributed by atoms with Crippen LogP contribution in [0.5, 0.6) is 0 Å². The molecule has 0 radical (unpaired) electrons. The van der Waals surface area contributed by atoms with E-state index in [2.05, 4.69) is 20.4 Å². The first-order valence-electron chi connectivity index (χ1n) is 6.93. The van der Waals surface area contributed by atoms with Crippen LogP contribution in [0.3, 0.4) is 0 Å². The fourth-order valence-corrected chi connectivity index (χ4v) is 2.14. The van der Waals surface area contributed by atoms with Gasteiger partial charge in [0.1, 0.15) is 12.1 Å². The molecule has 120 valence electrons. The van der Waals surface area contributed by atoms with Gasteiger partial charge in [-0.15, -0.1) is 0 Å². The number of carbonyl (C=O) groups is 1. The van der Waals surface area contributed by atoms with Crippen molar-refractivity contribution in [3.8, 4) is 5.82 Å². The molecule has 0 saturated carbocycles. The number of rotatable bonds is 4. The first kappa shape index (κ1) is 15.3. The molecule has 0 aliphatic rings. The van der Waals surface area contributed by atoms with Crippen LogP contribution in [0.25, 0.3) is 5.82 Å². The summed E-state index contributed by atoms with van der Waals surface area (Å²) in [6.45, 7) is 1.58. The zero-order valence-corrected chi connectivity index (χ0v) is 12.6. The largest absolute Gasteiger partial charge is 0.306 e. The van der Waals surface area contributed by atoms with Crippen LogP contribution in [0, 0.1) is 17.0 Å². The van der Waals surface area contributed by atoms with Gasteiger partial charge in [-0.05, 0) is 25.1 Å². The van der Waals surface area contributed by atoms with Crippen LogP contribution < -0.4 is 5.32 Å². The number of hydrogen-bond acceptors (Lipinski definition) is 6. The molecule has 9 nitrogen and oxygen atoms in total. The van der Waals surface area contributed by atoms with Crippen molar-refractivity contribution in [2.24, 2.45) is 0 Å². The van der Waals surface area contributed by atoms with Gasteiger partial charge in [-0.1, -0.05) is 0 Å². The Morgan fingerprint density at radius 3 is 2.79 bits per heavy atom. The predicted octanol–water partition coefficient (Wildman–Crippen LogP) is 2.13. The molecule has 1 amide bonds. The number of amides is 1. The molecule has 2 aromatic heterocycles. The Balaban J connectivity index is 1.81. The van der Waals surface area contributed by atoms with Gasteiger partial charge in [0.2, 0.25) is 0 Å². The van der Waals surface area contributed by atoms with Crippen molar-refractivity contribution in [2.75, 3.05) is 5.32 Å². The highest BCUT2D eigenvalue weighted by Gasteiger charge is 2.14. The summed E-state index contributed by atoms with van der Waals surface area (Å²) in [4.78, 5) is 30.7. The van der Waals surface area contributed by atoms with Crippen LogP contribution in [0.2, 0.25) is 0 Å². The third kappa shape index (κ3) is 3.09. The van der Waals surface area contributed by atoms with Gasteiger partial charge in [-0.2, -0.15) is 5.10 Å². The van der Waals surface area contributed by atoms with Gasteiger partial charge < -0.3 is 5.32 Å². The normalized spacial score (nSPS) is 10.4. The van der Waals surface area contributed by atoms with E-state index in [1.54, 1.807) is 31.5 Å². The fraction of sp³-hybridized carbons (Fsp3) is 0.0667. The SMILES string of the molecule is Cc1cc(C(=O)Nc2cc(-n3cccn3)ncn2)ccc1[N+](=O)[O-]. The number of aryl methyl sites for hydroxylation is 1. The van der Waals surface area contributed by atoms with Crippen molar-refractivity contribution in [3.63, 3.8) is 0 Å². The van der Waals surface area contributed by atoms with Crippen LogP contribution in [0.1, 0.15) is 15.9 Å². The van der Waals surface area contributed by atoms with Gasteiger partial charge >= 0.3 is 0 Å². The molecule has 0 aliphatic carbocycles. The van der Waals surface area contributed by atoms with Crippen LogP contribution in [0.4, 0.5) is 11.5 Å². The van der Waals surface area contributed by atoms with E-state index in [0.29, 0.717) is 22.8 Å². The van der Waals surface area contributed by atoms with Crippen LogP contribution in [-0.2, 0) is 0 Å². The minimum absolute atomic E-state index is 0.0328. The molecule has 3 aromatic rings. The number of anilines is 1. The first-order valence-corrected chi connectivity index (χ1v) is 6.93. The summed E-state index contributed by atoms with van der Waals surface area (Å²) in [5.74, 6) is 0.389. The molecule has 0 spiro atoms. The van der Waals surface area contributed by atoms with E-state index >= 15 is 0 Å². The minimum Gasteiger partial charge on any atom is -0.306 e. The Morgan fingerprint density at radius 2 is 2.12 bits per heavy atom. The second-order valence-electron chi connectivity index (χ2n) is 4.92. The smallest absolute Gasteiger partial charge is 0.272 e. The van der Waals surface area contributed by atoms with Crippen LogP contribution in [-0.4, -0.2) is 30.6 Å². The summed E-state index contributed by atoms with van der Waals surface area (Å²) in [5.41, 5.74) is 0.680. The van der Waals surface area contributed by atoms with E-state index in [9.17, 15) is 14.9 Å². The summed E-state index contributed by atoms with van der Waals surface area (Å²) >= 11 is 0. The average Bonchev–Trinajstić information content (AvgIpc) is 3.09. The fourth-order valence-electron chi connectivity index (χ4n) is 2.14. The summed E-state index contributed by atoms with van der Waals surface area (Å²) in [6, 6.07) is 7.49. The summed E-state index contributed by atoms with van der Waals surface area (Å²) in [6.07, 6.45) is 4.64. The standard InChI is InChI=1S/C15H12N6O3/c1-10-7-11(3-4-12(10)21(23)24)15(22)19-13-8-14(17-9-16-13)20-6-2-5-18-20/h2-9H,1H3,(H,16,17,19,22). The average molecular weight is 324 g/mol. The zero-order chi connectivity index (χ0) is 17.1. The molecule has 0 saturated heterocycles. The Hall–Kier alpha value is -3.62. The highest BCUT2D eigenvalue weighted by molar-refractivity contribution is 6.04. The maximum atomic E-state index is 12.3. The highest BCUT2D eigenvalue weighted by Crippen LogP contribution is 2.19. The molecular weight excluding hydrogens is 312 g/mol. The van der Waals surface area contributed by atoms with E-state index in [1.165, 1.54) is 29.2 Å². The molecule has 9 heteroatoms. The topological polar surface area (TPSA) is 116 Å². The molecule has 3 rings (SSSR count). The lowest BCUT2D eigenvalue weighted by atomic mass is 10.1. The molecular formula is C15H12N6O3. The summed E-state index contributed by atoms with van der Waals surface area (Å²) in [7, 11) is 0. The summed E-state index contributed by atoms with van der Waals surface area (Å²) in [5, 5.41) is 17.5. The second kappa shape index (κ2) is 6.24. The third-order valence-electron chi connectivity index (χ3n) is 3.29. The lowest BCUT2D eigenvalue weighted by Gasteiger charge is -2.07. The maximum absolute atomic E-state index is 12.3. The molecule has 0 unspecified atom stereocenters. The zero-order valence-electron chi connectivity index (χ0n) is 12.6. The Bertz CT molecular complexity index is 907. The van der Waals surface area contributed by atoms with E-state index in [4.69, 9.17) is 0 Å². The molecule has 24 heavy (non-hydrogen) atoms. The second-order valence-corrected chi connectivity index (χ2v) is 4.92. The lowest BCUT2D eigenvalue weighted by molar-refractivity contribution is -0.385. The number of nitrogens with one attached hydrogen (secondary N) is 1. The van der Waals surface area contributed by atoms with Crippen molar-refractivity contribution in [2.45, 2.75) is 6.92 Å². The predicted molar refractivity (Wildman–Crippen MR) is 84.9 cm³/mol. The minimum atomic E-state index is -0.488. The van der Waals surface area contributed by atoms with E-state index in [-0.39, 0.29) is 5.69 Å². The molecule has 0 bridgehead atoms. The van der Waals surface area contributed by atoms with Crippen molar-refractivity contribution in [3.05, 3.63) is 70.3 Å². The number of carbonyl (C=O) groups excluding carboxylic acids is 1. The van der Waals surface area contributed by atoms with Crippen molar-refractivity contribution in [1.82, 2.24) is 19.7 Å². The Kier molecular flexibility index (Phi) is 3.98. The van der Waals surface area contributed by atoms with E-state index < -0.39 is 10.8 Å². The number of nitro benzene ring substituents is 1. The molecule has 0 fully saturated rings. The van der Waals surface area contributed by atoms with Crippen LogP contribution >= 0.6 is 0 Å². The maximum Gasteiger partial charge on any atom is 0.272 e. The van der Waals surface area contributed by atoms with Crippen molar-refractivity contribution >= 4 is 17.4 Å². The number of benzene rings is 1. The lowest BCUT2D eigenvalue weighted by Crippen LogP contribution is -2.14. The number of nitrogens with zero attached hydrogens (tertiary/aromatic N) is 5. The van der Waals surface area contributed by atoms with Gasteiger partial charge in [0.05, 0.1) is 4.92 Å². The molecule has 1 N–H and O–H groups in total. The van der Waals surface area contributed by atoms with Gasteiger partial charge in [0, 0.05) is 35.7 Å². The van der Waals surface area contributed by atoms with E-state index in [0.717, 1.165) is 0 Å². The van der Waals surface area contributed by atoms with Crippen molar-refractivity contribution < 1.29 is 9.72 Å². The Labute approximate surface area is 136 Å². The summed E-state index contributed by atoms with van der Waals surface area (Å²) < 4.78 is 1.54. The first-order chi connectivity index (χ1) is 11.5. The van der Waals surface area contributed by atoms with Gasteiger partial charge in [0.25, 0.3) is 11.6 Å². The monoisotopic (exact) mass is 324 g/mol. The number of hydrogen-bond donors (Lipinski definition) is 1. The highest BCUT2D eigenvalue weighted by atomic mass is 16.6. The molecule has 2 heterocycles. The van der Waals surface area contributed by atoms with Crippen LogP contribution in [0.15, 0.2) is 49.1 Å². The van der Waals surface area contributed by atoms with Crippen molar-refractivity contribution in [1.29, 1.82) is 0 Å².